The maximum atomic E-state index is 12.1. The van der Waals surface area contributed by atoms with Crippen molar-refractivity contribution in [2.75, 3.05) is 18.5 Å². The minimum Gasteiger partial charge on any atom is -0.486 e. The summed E-state index contributed by atoms with van der Waals surface area (Å²) in [5, 5.41) is 15.7. The molecule has 8 nitrogen and oxygen atoms in total. The number of rotatable bonds is 5. The highest BCUT2D eigenvalue weighted by molar-refractivity contribution is 7.16. The molecule has 1 amide bonds. The molecule has 0 aliphatic carbocycles. The van der Waals surface area contributed by atoms with E-state index in [0.717, 1.165) is 22.6 Å². The number of amides is 1. The van der Waals surface area contributed by atoms with Gasteiger partial charge in [0.15, 0.2) is 16.6 Å². The quantitative estimate of drug-likeness (QED) is 0.380. The van der Waals surface area contributed by atoms with Crippen molar-refractivity contribution in [3.63, 3.8) is 0 Å². The van der Waals surface area contributed by atoms with E-state index in [9.17, 15) is 14.9 Å². The molecule has 0 bridgehead atoms. The SMILES string of the molecule is O=C(C=Cc1ccc([N+](=O)[O-])s1)Nc1nc(-c2ccc3c(c2)OCCO3)cs1. The highest BCUT2D eigenvalue weighted by atomic mass is 32.1. The molecular weight excluding hydrogens is 402 g/mol. The minimum atomic E-state index is -0.461. The number of fused-ring (bicyclic) bond motifs is 1. The fraction of sp³-hybridized carbons (Fsp3) is 0.111. The Morgan fingerprint density at radius 2 is 2.04 bits per heavy atom. The van der Waals surface area contributed by atoms with E-state index >= 15 is 0 Å². The van der Waals surface area contributed by atoms with Gasteiger partial charge in [-0.3, -0.25) is 20.2 Å². The number of hydrogen-bond acceptors (Lipinski definition) is 8. The molecule has 0 fully saturated rings. The minimum absolute atomic E-state index is 0.0315. The molecule has 1 N–H and O–H groups in total. The number of nitrogens with one attached hydrogen (secondary N) is 1. The summed E-state index contributed by atoms with van der Waals surface area (Å²) in [6, 6.07) is 8.58. The third-order valence-corrected chi connectivity index (χ3v) is 5.52. The Morgan fingerprint density at radius 3 is 2.82 bits per heavy atom. The van der Waals surface area contributed by atoms with Crippen LogP contribution in [0, 0.1) is 10.1 Å². The molecule has 1 aliphatic heterocycles. The lowest BCUT2D eigenvalue weighted by molar-refractivity contribution is -0.380. The first-order valence-corrected chi connectivity index (χ1v) is 9.87. The van der Waals surface area contributed by atoms with E-state index in [1.54, 1.807) is 6.07 Å². The van der Waals surface area contributed by atoms with Crippen LogP contribution < -0.4 is 14.8 Å². The molecule has 1 aliphatic rings. The number of anilines is 1. The van der Waals surface area contributed by atoms with Gasteiger partial charge in [-0.25, -0.2) is 4.98 Å². The number of hydrogen-bond donors (Lipinski definition) is 1. The highest BCUT2D eigenvalue weighted by Gasteiger charge is 2.14. The van der Waals surface area contributed by atoms with Crippen molar-refractivity contribution in [2.24, 2.45) is 0 Å². The Kier molecular flexibility index (Phi) is 5.04. The van der Waals surface area contributed by atoms with Crippen molar-refractivity contribution in [3.8, 4) is 22.8 Å². The maximum absolute atomic E-state index is 12.1. The van der Waals surface area contributed by atoms with Crippen LogP contribution in [-0.4, -0.2) is 29.0 Å². The predicted molar refractivity (Wildman–Crippen MR) is 107 cm³/mol. The summed E-state index contributed by atoms with van der Waals surface area (Å²) in [7, 11) is 0. The number of aromatic nitrogens is 1. The standard InChI is InChI=1S/C18H13N3O5S2/c22-16(5-2-12-3-6-17(28-12)21(23)24)20-18-19-13(10-27-18)11-1-4-14-15(9-11)26-8-7-25-14/h1-6,9-10H,7-8H2,(H,19,20,22). The Bertz CT molecular complexity index is 1070. The van der Waals surface area contributed by atoms with Crippen molar-refractivity contribution in [1.29, 1.82) is 0 Å². The van der Waals surface area contributed by atoms with Crippen molar-refractivity contribution in [2.45, 2.75) is 0 Å². The summed E-state index contributed by atoms with van der Waals surface area (Å²) < 4.78 is 11.1. The van der Waals surface area contributed by atoms with Crippen molar-refractivity contribution >= 4 is 44.8 Å². The van der Waals surface area contributed by atoms with E-state index in [4.69, 9.17) is 9.47 Å². The summed E-state index contributed by atoms with van der Waals surface area (Å²) in [5.74, 6) is 1.02. The molecular formula is C18H13N3O5S2. The van der Waals surface area contributed by atoms with Crippen LogP contribution in [0.2, 0.25) is 0 Å². The molecule has 10 heteroatoms. The molecule has 1 aromatic carbocycles. The summed E-state index contributed by atoms with van der Waals surface area (Å²) in [6.07, 6.45) is 2.85. The van der Waals surface area contributed by atoms with Gasteiger partial charge in [0.25, 0.3) is 0 Å². The van der Waals surface area contributed by atoms with Gasteiger partial charge in [0.2, 0.25) is 5.91 Å². The van der Waals surface area contributed by atoms with Gasteiger partial charge in [0, 0.05) is 28.0 Å². The number of thiazole rings is 1. The van der Waals surface area contributed by atoms with Gasteiger partial charge in [0.1, 0.15) is 13.2 Å². The average molecular weight is 415 g/mol. The van der Waals surface area contributed by atoms with E-state index in [2.05, 4.69) is 10.3 Å². The predicted octanol–water partition coefficient (Wildman–Crippen LogP) is 4.20. The van der Waals surface area contributed by atoms with Crippen LogP contribution in [-0.2, 0) is 4.79 Å². The molecule has 2 aromatic heterocycles. The molecule has 4 rings (SSSR count). The molecule has 0 radical (unpaired) electrons. The normalized spacial score (nSPS) is 12.9. The smallest absolute Gasteiger partial charge is 0.324 e. The maximum Gasteiger partial charge on any atom is 0.324 e. The molecule has 3 aromatic rings. The second-order valence-corrected chi connectivity index (χ2v) is 7.60. The van der Waals surface area contributed by atoms with E-state index in [-0.39, 0.29) is 10.9 Å². The number of ether oxygens (including phenoxy) is 2. The Hall–Kier alpha value is -3.24. The van der Waals surface area contributed by atoms with Gasteiger partial charge in [-0.05, 0) is 30.3 Å². The fourth-order valence-corrected chi connectivity index (χ4v) is 3.95. The molecule has 0 unspecified atom stereocenters. The lowest BCUT2D eigenvalue weighted by Crippen LogP contribution is -2.15. The van der Waals surface area contributed by atoms with E-state index in [1.165, 1.54) is 29.6 Å². The molecule has 0 atom stereocenters. The Balaban J connectivity index is 1.42. The van der Waals surface area contributed by atoms with Crippen LogP contribution >= 0.6 is 22.7 Å². The number of benzene rings is 1. The molecule has 3 heterocycles. The van der Waals surface area contributed by atoms with E-state index < -0.39 is 4.92 Å². The Morgan fingerprint density at radius 1 is 1.21 bits per heavy atom. The lowest BCUT2D eigenvalue weighted by atomic mass is 10.1. The average Bonchev–Trinajstić information content (AvgIpc) is 3.36. The summed E-state index contributed by atoms with van der Waals surface area (Å²) in [4.78, 5) is 27.3. The molecule has 28 heavy (non-hydrogen) atoms. The third-order valence-electron chi connectivity index (χ3n) is 3.76. The topological polar surface area (TPSA) is 104 Å². The largest absolute Gasteiger partial charge is 0.486 e. The molecule has 0 spiro atoms. The van der Waals surface area contributed by atoms with Crippen LogP contribution in [0.1, 0.15) is 4.88 Å². The summed E-state index contributed by atoms with van der Waals surface area (Å²) in [5.41, 5.74) is 1.58. The van der Waals surface area contributed by atoms with Crippen molar-refractivity contribution in [3.05, 3.63) is 56.8 Å². The zero-order chi connectivity index (χ0) is 19.5. The van der Waals surface area contributed by atoms with Gasteiger partial charge < -0.3 is 9.47 Å². The van der Waals surface area contributed by atoms with Crippen LogP contribution in [0.15, 0.2) is 41.8 Å². The van der Waals surface area contributed by atoms with Crippen LogP contribution in [0.25, 0.3) is 17.3 Å². The number of thiophene rings is 1. The first kappa shape index (κ1) is 18.1. The zero-order valence-corrected chi connectivity index (χ0v) is 15.9. The monoisotopic (exact) mass is 415 g/mol. The van der Waals surface area contributed by atoms with Crippen molar-refractivity contribution < 1.29 is 19.2 Å². The highest BCUT2D eigenvalue weighted by Crippen LogP contribution is 2.35. The van der Waals surface area contributed by atoms with Gasteiger partial charge in [-0.15, -0.1) is 11.3 Å². The first-order chi connectivity index (χ1) is 13.6. The third kappa shape index (κ3) is 4.02. The first-order valence-electron chi connectivity index (χ1n) is 8.17. The number of nitro groups is 1. The van der Waals surface area contributed by atoms with Gasteiger partial charge in [0.05, 0.1) is 10.6 Å². The van der Waals surface area contributed by atoms with Gasteiger partial charge in [-0.2, -0.15) is 0 Å². The fourth-order valence-electron chi connectivity index (χ4n) is 2.50. The summed E-state index contributed by atoms with van der Waals surface area (Å²) in [6.45, 7) is 1.04. The number of carbonyl (C=O) groups excluding carboxylic acids is 1. The molecule has 0 saturated heterocycles. The number of nitrogens with zero attached hydrogens (tertiary/aromatic N) is 2. The van der Waals surface area contributed by atoms with E-state index in [1.807, 2.05) is 23.6 Å². The molecule has 0 saturated carbocycles. The Labute approximate surface area is 167 Å². The van der Waals surface area contributed by atoms with Gasteiger partial charge >= 0.3 is 5.00 Å². The van der Waals surface area contributed by atoms with Crippen molar-refractivity contribution in [1.82, 2.24) is 4.98 Å². The summed E-state index contributed by atoms with van der Waals surface area (Å²) >= 11 is 2.30. The van der Waals surface area contributed by atoms with Gasteiger partial charge in [-0.1, -0.05) is 11.3 Å². The molecule has 142 valence electrons. The van der Waals surface area contributed by atoms with Crippen LogP contribution in [0.3, 0.4) is 0 Å². The number of carbonyl (C=O) groups is 1. The van der Waals surface area contributed by atoms with Crippen LogP contribution in [0.5, 0.6) is 11.5 Å². The zero-order valence-electron chi connectivity index (χ0n) is 14.3. The second-order valence-electron chi connectivity index (χ2n) is 5.65. The lowest BCUT2D eigenvalue weighted by Gasteiger charge is -2.18. The second kappa shape index (κ2) is 7.79. The van der Waals surface area contributed by atoms with E-state index in [0.29, 0.717) is 34.7 Å². The van der Waals surface area contributed by atoms with Crippen LogP contribution in [0.4, 0.5) is 10.1 Å².